The second-order valence-electron chi connectivity index (χ2n) is 8.73. The normalized spacial score (nSPS) is 12.8. The molecule has 1 unspecified atom stereocenters. The van der Waals surface area contributed by atoms with Gasteiger partial charge in [0.05, 0.1) is 0 Å². The largest absolute Gasteiger partial charge is 0.487 e. The van der Waals surface area contributed by atoms with Crippen molar-refractivity contribution in [3.63, 3.8) is 0 Å². The maximum absolute atomic E-state index is 11.6. The monoisotopic (exact) mass is 425 g/mol. The van der Waals surface area contributed by atoms with Crippen LogP contribution >= 0.6 is 0 Å². The first-order valence-corrected chi connectivity index (χ1v) is 10.6. The second kappa shape index (κ2) is 9.52. The summed E-state index contributed by atoms with van der Waals surface area (Å²) in [6.07, 6.45) is 0.201. The van der Waals surface area contributed by atoms with Crippen molar-refractivity contribution in [1.29, 1.82) is 0 Å². The van der Waals surface area contributed by atoms with Gasteiger partial charge in [-0.2, -0.15) is 0 Å². The third kappa shape index (κ3) is 5.44. The quantitative estimate of drug-likeness (QED) is 0.492. The number of ether oxygens (including phenoxy) is 2. The Morgan fingerprint density at radius 2 is 1.87 bits per heavy atom. The Morgan fingerprint density at radius 3 is 2.48 bits per heavy atom. The van der Waals surface area contributed by atoms with Crippen LogP contribution in [0.4, 0.5) is 0 Å². The highest BCUT2D eigenvalue weighted by atomic mass is 16.5. The number of aryl methyl sites for hydroxylation is 1. The molecular formula is C25H31NO5. The average molecular weight is 426 g/mol. The van der Waals surface area contributed by atoms with Crippen LogP contribution in [-0.4, -0.2) is 28.8 Å². The van der Waals surface area contributed by atoms with Crippen LogP contribution in [0.1, 0.15) is 57.0 Å². The molecule has 6 nitrogen and oxygen atoms in total. The Balaban J connectivity index is 1.84. The molecule has 3 rings (SSSR count). The first-order chi connectivity index (χ1) is 14.7. The Kier molecular flexibility index (Phi) is 7.01. The number of rotatable bonds is 9. The van der Waals surface area contributed by atoms with Gasteiger partial charge in [0.2, 0.25) is 0 Å². The molecule has 2 aromatic carbocycles. The van der Waals surface area contributed by atoms with Crippen LogP contribution in [0, 0.1) is 6.92 Å². The Labute approximate surface area is 183 Å². The zero-order chi connectivity index (χ0) is 22.6. The topological polar surface area (TPSA) is 81.8 Å². The van der Waals surface area contributed by atoms with Gasteiger partial charge in [0.25, 0.3) is 0 Å². The summed E-state index contributed by atoms with van der Waals surface area (Å²) >= 11 is 0. The van der Waals surface area contributed by atoms with Crippen molar-refractivity contribution in [2.75, 3.05) is 6.61 Å². The van der Waals surface area contributed by atoms with Gasteiger partial charge in [0.1, 0.15) is 23.8 Å². The molecule has 0 aliphatic heterocycles. The summed E-state index contributed by atoms with van der Waals surface area (Å²) in [6, 6.07) is 11.6. The maximum Gasteiger partial charge on any atom is 0.333 e. The minimum absolute atomic E-state index is 0.169. The predicted octanol–water partition coefficient (Wildman–Crippen LogP) is 5.44. The van der Waals surface area contributed by atoms with E-state index in [1.807, 2.05) is 50.2 Å². The number of carboxylic acid groups (broad SMARTS) is 1. The molecule has 3 aromatic rings. The average Bonchev–Trinajstić information content (AvgIpc) is 3.11. The fourth-order valence-corrected chi connectivity index (χ4v) is 3.34. The SMILES string of the molecule is CCCOC(Cc1ccc(OCc2nc(C(C)(C)C)oc2C)c2ccccc12)C(=O)O. The van der Waals surface area contributed by atoms with Gasteiger partial charge < -0.3 is 19.0 Å². The van der Waals surface area contributed by atoms with Gasteiger partial charge >= 0.3 is 5.97 Å². The molecule has 1 aromatic heterocycles. The first-order valence-electron chi connectivity index (χ1n) is 10.6. The highest BCUT2D eigenvalue weighted by molar-refractivity contribution is 5.91. The molecule has 31 heavy (non-hydrogen) atoms. The van der Waals surface area contributed by atoms with E-state index in [1.54, 1.807) is 0 Å². The number of hydrogen-bond donors (Lipinski definition) is 1. The lowest BCUT2D eigenvalue weighted by Crippen LogP contribution is -2.26. The number of fused-ring (bicyclic) bond motifs is 1. The van der Waals surface area contributed by atoms with Crippen molar-refractivity contribution in [2.45, 2.75) is 65.6 Å². The van der Waals surface area contributed by atoms with Crippen molar-refractivity contribution in [1.82, 2.24) is 4.98 Å². The van der Waals surface area contributed by atoms with Gasteiger partial charge in [-0.1, -0.05) is 58.0 Å². The minimum Gasteiger partial charge on any atom is -0.487 e. The van der Waals surface area contributed by atoms with Crippen LogP contribution in [0.25, 0.3) is 10.8 Å². The van der Waals surface area contributed by atoms with E-state index >= 15 is 0 Å². The summed E-state index contributed by atoms with van der Waals surface area (Å²) in [4.78, 5) is 16.2. The third-order valence-corrected chi connectivity index (χ3v) is 5.08. The van der Waals surface area contributed by atoms with Gasteiger partial charge in [-0.3, -0.25) is 0 Å². The van der Waals surface area contributed by atoms with E-state index in [-0.39, 0.29) is 5.41 Å². The zero-order valence-corrected chi connectivity index (χ0v) is 18.9. The fraction of sp³-hybridized carbons (Fsp3) is 0.440. The summed E-state index contributed by atoms with van der Waals surface area (Å²) in [6.45, 7) is 10.7. The number of aromatic nitrogens is 1. The molecule has 6 heteroatoms. The lowest BCUT2D eigenvalue weighted by atomic mass is 9.97. The number of hydrogen-bond acceptors (Lipinski definition) is 5. The summed E-state index contributed by atoms with van der Waals surface area (Å²) in [5.74, 6) is 1.22. The lowest BCUT2D eigenvalue weighted by molar-refractivity contribution is -0.150. The number of aliphatic carboxylic acids is 1. The molecule has 1 heterocycles. The standard InChI is InChI=1S/C25H31NO5/c1-6-13-29-22(23(27)28)14-17-11-12-21(19-10-8-7-9-18(17)19)30-15-20-16(2)31-24(26-20)25(3,4)5/h7-12,22H,6,13-15H2,1-5H3,(H,27,28). The van der Waals surface area contributed by atoms with Gasteiger partial charge in [0, 0.05) is 23.8 Å². The molecule has 0 aliphatic rings. The highest BCUT2D eigenvalue weighted by Crippen LogP contribution is 2.31. The van der Waals surface area contributed by atoms with Gasteiger partial charge in [-0.05, 0) is 30.4 Å². The molecule has 0 saturated carbocycles. The van der Waals surface area contributed by atoms with E-state index < -0.39 is 12.1 Å². The van der Waals surface area contributed by atoms with E-state index in [9.17, 15) is 9.90 Å². The lowest BCUT2D eigenvalue weighted by Gasteiger charge is -2.16. The predicted molar refractivity (Wildman–Crippen MR) is 120 cm³/mol. The van der Waals surface area contributed by atoms with E-state index in [1.165, 1.54) is 0 Å². The molecule has 0 amide bonds. The van der Waals surface area contributed by atoms with E-state index in [0.29, 0.717) is 25.5 Å². The molecule has 0 radical (unpaired) electrons. The van der Waals surface area contributed by atoms with Crippen molar-refractivity contribution in [3.8, 4) is 5.75 Å². The molecule has 1 N–H and O–H groups in total. The highest BCUT2D eigenvalue weighted by Gasteiger charge is 2.23. The Bertz CT molecular complexity index is 1050. The van der Waals surface area contributed by atoms with Crippen molar-refractivity contribution in [2.24, 2.45) is 0 Å². The van der Waals surface area contributed by atoms with Gasteiger partial charge in [-0.25, -0.2) is 9.78 Å². The number of oxazole rings is 1. The fourth-order valence-electron chi connectivity index (χ4n) is 3.34. The van der Waals surface area contributed by atoms with Crippen LogP contribution < -0.4 is 4.74 Å². The van der Waals surface area contributed by atoms with E-state index in [0.717, 1.165) is 40.0 Å². The number of nitrogens with zero attached hydrogens (tertiary/aromatic N) is 1. The summed E-state index contributed by atoms with van der Waals surface area (Å²) in [7, 11) is 0. The zero-order valence-electron chi connectivity index (χ0n) is 18.9. The van der Waals surface area contributed by atoms with E-state index in [4.69, 9.17) is 13.9 Å². The van der Waals surface area contributed by atoms with Crippen LogP contribution in [0.15, 0.2) is 40.8 Å². The molecule has 166 valence electrons. The molecule has 0 spiro atoms. The molecule has 0 fully saturated rings. The van der Waals surface area contributed by atoms with Crippen molar-refractivity contribution in [3.05, 3.63) is 59.3 Å². The van der Waals surface area contributed by atoms with Crippen LogP contribution in [0.3, 0.4) is 0 Å². The van der Waals surface area contributed by atoms with Crippen LogP contribution in [-0.2, 0) is 28.0 Å². The Hall–Kier alpha value is -2.86. The summed E-state index contributed by atoms with van der Waals surface area (Å²) in [5, 5.41) is 11.4. The molecule has 0 saturated heterocycles. The minimum atomic E-state index is -0.950. The third-order valence-electron chi connectivity index (χ3n) is 5.08. The molecule has 0 bridgehead atoms. The number of carbonyl (C=O) groups is 1. The second-order valence-corrected chi connectivity index (χ2v) is 8.73. The molecule has 0 aliphatic carbocycles. The number of carboxylic acids is 1. The summed E-state index contributed by atoms with van der Waals surface area (Å²) in [5.41, 5.74) is 1.52. The van der Waals surface area contributed by atoms with E-state index in [2.05, 4.69) is 25.8 Å². The smallest absolute Gasteiger partial charge is 0.333 e. The van der Waals surface area contributed by atoms with Gasteiger partial charge in [0.15, 0.2) is 12.0 Å². The summed E-state index contributed by atoms with van der Waals surface area (Å²) < 4.78 is 17.5. The van der Waals surface area contributed by atoms with Crippen LogP contribution in [0.5, 0.6) is 5.75 Å². The number of benzene rings is 2. The maximum atomic E-state index is 11.6. The van der Waals surface area contributed by atoms with Crippen molar-refractivity contribution >= 4 is 16.7 Å². The molecule has 1 atom stereocenters. The first kappa shape index (κ1) is 22.8. The Morgan fingerprint density at radius 1 is 1.16 bits per heavy atom. The van der Waals surface area contributed by atoms with Crippen molar-refractivity contribution < 1.29 is 23.8 Å². The van der Waals surface area contributed by atoms with Gasteiger partial charge in [-0.15, -0.1) is 0 Å². The molecular weight excluding hydrogens is 394 g/mol. The van der Waals surface area contributed by atoms with Crippen LogP contribution in [0.2, 0.25) is 0 Å².